The van der Waals surface area contributed by atoms with Gasteiger partial charge in [0, 0.05) is 24.4 Å². The first-order valence-corrected chi connectivity index (χ1v) is 6.68. The molecule has 1 aliphatic carbocycles. The molecule has 3 N–H and O–H groups in total. The summed E-state index contributed by atoms with van der Waals surface area (Å²) in [4.78, 5) is 12.2. The lowest BCUT2D eigenvalue weighted by Gasteiger charge is -2.20. The van der Waals surface area contributed by atoms with Crippen LogP contribution in [0.5, 0.6) is 0 Å². The molecule has 18 heavy (non-hydrogen) atoms. The van der Waals surface area contributed by atoms with Gasteiger partial charge in [-0.25, -0.2) is 0 Å². The van der Waals surface area contributed by atoms with Gasteiger partial charge in [0.25, 0.3) is 0 Å². The van der Waals surface area contributed by atoms with Crippen molar-refractivity contribution < 1.29 is 4.79 Å². The molecule has 0 aliphatic heterocycles. The van der Waals surface area contributed by atoms with Crippen LogP contribution in [0.2, 0.25) is 0 Å². The van der Waals surface area contributed by atoms with Crippen LogP contribution in [0.15, 0.2) is 18.5 Å². The monoisotopic (exact) mass is 250 g/mol. The average Bonchev–Trinajstić information content (AvgIpc) is 2.97. The number of hydrogen-bond donors (Lipinski definition) is 2. The first kappa shape index (κ1) is 13.1. The number of carbonyl (C=O) groups is 1. The third-order valence-electron chi connectivity index (χ3n) is 3.71. The molecule has 5 heteroatoms. The van der Waals surface area contributed by atoms with Crippen LogP contribution in [0.25, 0.3) is 0 Å². The molecule has 0 radical (unpaired) electrons. The Morgan fingerprint density at radius 3 is 3.11 bits per heavy atom. The summed E-state index contributed by atoms with van der Waals surface area (Å²) in [5.41, 5.74) is 5.71. The summed E-state index contributed by atoms with van der Waals surface area (Å²) in [6, 6.07) is 1.98. The van der Waals surface area contributed by atoms with E-state index in [-0.39, 0.29) is 17.9 Å². The Morgan fingerprint density at radius 1 is 1.61 bits per heavy atom. The van der Waals surface area contributed by atoms with Crippen molar-refractivity contribution in [3.63, 3.8) is 0 Å². The Bertz CT molecular complexity index is 376. The minimum atomic E-state index is 0.0939. The zero-order valence-electron chi connectivity index (χ0n) is 10.9. The minimum Gasteiger partial charge on any atom is -0.352 e. The highest BCUT2D eigenvalue weighted by Crippen LogP contribution is 2.30. The summed E-state index contributed by atoms with van der Waals surface area (Å²) >= 11 is 0. The quantitative estimate of drug-likeness (QED) is 0.810. The molecule has 0 saturated heterocycles. The van der Waals surface area contributed by atoms with E-state index in [0.29, 0.717) is 19.0 Å². The van der Waals surface area contributed by atoms with Crippen LogP contribution in [0.1, 0.15) is 26.2 Å². The van der Waals surface area contributed by atoms with Gasteiger partial charge in [0.2, 0.25) is 5.91 Å². The summed E-state index contributed by atoms with van der Waals surface area (Å²) in [6.07, 6.45) is 6.83. The highest BCUT2D eigenvalue weighted by atomic mass is 16.2. The molecule has 0 spiro atoms. The first-order chi connectivity index (χ1) is 8.70. The number of nitrogens with two attached hydrogens (primary N) is 1. The van der Waals surface area contributed by atoms with Crippen LogP contribution in [-0.2, 0) is 11.3 Å². The Labute approximate surface area is 108 Å². The van der Waals surface area contributed by atoms with Crippen LogP contribution in [0.4, 0.5) is 0 Å². The van der Waals surface area contributed by atoms with E-state index >= 15 is 0 Å². The Kier molecular flexibility index (Phi) is 4.36. The lowest BCUT2D eigenvalue weighted by molar-refractivity contribution is -0.126. The third kappa shape index (κ3) is 3.10. The van der Waals surface area contributed by atoms with Crippen molar-refractivity contribution in [2.24, 2.45) is 17.6 Å². The van der Waals surface area contributed by atoms with Gasteiger partial charge in [-0.3, -0.25) is 9.48 Å². The number of amides is 1. The lowest BCUT2D eigenvalue weighted by atomic mass is 9.95. The largest absolute Gasteiger partial charge is 0.352 e. The second-order valence-electron chi connectivity index (χ2n) is 5.17. The number of nitrogens with one attached hydrogen (secondary N) is 1. The maximum atomic E-state index is 12.2. The minimum absolute atomic E-state index is 0.0939. The molecular formula is C13H22N4O. The van der Waals surface area contributed by atoms with E-state index in [0.717, 1.165) is 19.3 Å². The van der Waals surface area contributed by atoms with Crippen LogP contribution < -0.4 is 11.1 Å². The molecule has 1 amide bonds. The fraction of sp³-hybridized carbons (Fsp3) is 0.692. The van der Waals surface area contributed by atoms with Gasteiger partial charge in [0.1, 0.15) is 0 Å². The number of rotatable bonds is 5. The van der Waals surface area contributed by atoms with Crippen molar-refractivity contribution in [1.29, 1.82) is 0 Å². The zero-order chi connectivity index (χ0) is 13.0. The topological polar surface area (TPSA) is 72.9 Å². The molecule has 1 aromatic heterocycles. The summed E-state index contributed by atoms with van der Waals surface area (Å²) < 4.78 is 1.83. The molecule has 1 aromatic rings. The van der Waals surface area contributed by atoms with Gasteiger partial charge in [0.05, 0.1) is 6.54 Å². The van der Waals surface area contributed by atoms with E-state index in [2.05, 4.69) is 10.4 Å². The lowest BCUT2D eigenvalue weighted by Crippen LogP contribution is -2.41. The van der Waals surface area contributed by atoms with Crippen LogP contribution in [-0.4, -0.2) is 28.3 Å². The summed E-state index contributed by atoms with van der Waals surface area (Å²) in [7, 11) is 0. The summed E-state index contributed by atoms with van der Waals surface area (Å²) in [6.45, 7) is 3.33. The Morgan fingerprint density at radius 2 is 2.44 bits per heavy atom. The predicted molar refractivity (Wildman–Crippen MR) is 69.7 cm³/mol. The SMILES string of the molecule is CC(Cn1cccn1)NC(=O)C1CCCC1CN. The van der Waals surface area contributed by atoms with E-state index in [1.165, 1.54) is 0 Å². The van der Waals surface area contributed by atoms with Crippen molar-refractivity contribution in [2.75, 3.05) is 6.54 Å². The van der Waals surface area contributed by atoms with Gasteiger partial charge in [-0.1, -0.05) is 6.42 Å². The first-order valence-electron chi connectivity index (χ1n) is 6.68. The fourth-order valence-electron chi connectivity index (χ4n) is 2.75. The number of aromatic nitrogens is 2. The van der Waals surface area contributed by atoms with Crippen molar-refractivity contribution in [3.05, 3.63) is 18.5 Å². The highest BCUT2D eigenvalue weighted by Gasteiger charge is 2.32. The van der Waals surface area contributed by atoms with Crippen molar-refractivity contribution >= 4 is 5.91 Å². The number of nitrogens with zero attached hydrogens (tertiary/aromatic N) is 2. The second kappa shape index (κ2) is 6.00. The summed E-state index contributed by atoms with van der Waals surface area (Å²) in [5.74, 6) is 0.625. The maximum Gasteiger partial charge on any atom is 0.223 e. The molecule has 1 saturated carbocycles. The molecule has 3 atom stereocenters. The van der Waals surface area contributed by atoms with Crippen LogP contribution in [0.3, 0.4) is 0 Å². The van der Waals surface area contributed by atoms with Gasteiger partial charge >= 0.3 is 0 Å². The molecule has 1 fully saturated rings. The number of hydrogen-bond acceptors (Lipinski definition) is 3. The predicted octanol–water partition coefficient (Wildman–Crippen LogP) is 0.763. The molecule has 0 bridgehead atoms. The molecule has 2 rings (SSSR count). The Balaban J connectivity index is 1.83. The van der Waals surface area contributed by atoms with Gasteiger partial charge in [0.15, 0.2) is 0 Å². The second-order valence-corrected chi connectivity index (χ2v) is 5.17. The van der Waals surface area contributed by atoms with E-state index < -0.39 is 0 Å². The van der Waals surface area contributed by atoms with Crippen molar-refractivity contribution in [3.8, 4) is 0 Å². The molecule has 1 heterocycles. The van der Waals surface area contributed by atoms with Gasteiger partial charge in [-0.05, 0) is 38.3 Å². The van der Waals surface area contributed by atoms with Crippen molar-refractivity contribution in [1.82, 2.24) is 15.1 Å². The molecular weight excluding hydrogens is 228 g/mol. The molecule has 1 aliphatic rings. The van der Waals surface area contributed by atoms with Crippen LogP contribution in [0, 0.1) is 11.8 Å². The van der Waals surface area contributed by atoms with E-state index in [4.69, 9.17) is 5.73 Å². The standard InChI is InChI=1S/C13H22N4O/c1-10(9-17-7-3-6-15-17)16-13(18)12-5-2-4-11(12)8-14/h3,6-7,10-12H,2,4-5,8-9,14H2,1H3,(H,16,18). The average molecular weight is 250 g/mol. The van der Waals surface area contributed by atoms with Gasteiger partial charge < -0.3 is 11.1 Å². The molecule has 0 aromatic carbocycles. The van der Waals surface area contributed by atoms with E-state index in [9.17, 15) is 4.79 Å². The molecule has 100 valence electrons. The number of carbonyl (C=O) groups excluding carboxylic acids is 1. The smallest absolute Gasteiger partial charge is 0.223 e. The molecule has 5 nitrogen and oxygen atoms in total. The van der Waals surface area contributed by atoms with E-state index in [1.807, 2.05) is 23.9 Å². The fourth-order valence-corrected chi connectivity index (χ4v) is 2.75. The molecule has 3 unspecified atom stereocenters. The summed E-state index contributed by atoms with van der Waals surface area (Å²) in [5, 5.41) is 7.21. The highest BCUT2D eigenvalue weighted by molar-refractivity contribution is 5.79. The Hall–Kier alpha value is -1.36. The zero-order valence-corrected chi connectivity index (χ0v) is 10.9. The van der Waals surface area contributed by atoms with Crippen LogP contribution >= 0.6 is 0 Å². The van der Waals surface area contributed by atoms with E-state index in [1.54, 1.807) is 6.20 Å². The maximum absolute atomic E-state index is 12.2. The third-order valence-corrected chi connectivity index (χ3v) is 3.71. The van der Waals surface area contributed by atoms with Crippen molar-refractivity contribution in [2.45, 2.75) is 38.8 Å². The van der Waals surface area contributed by atoms with Gasteiger partial charge in [-0.15, -0.1) is 0 Å². The normalized spacial score (nSPS) is 25.0. The van der Waals surface area contributed by atoms with Gasteiger partial charge in [-0.2, -0.15) is 5.10 Å².